The highest BCUT2D eigenvalue weighted by molar-refractivity contribution is 5.78. The van der Waals surface area contributed by atoms with Crippen molar-refractivity contribution in [1.82, 2.24) is 10.2 Å². The first kappa shape index (κ1) is 12.1. The van der Waals surface area contributed by atoms with Gasteiger partial charge in [-0.2, -0.15) is 0 Å². The van der Waals surface area contributed by atoms with Crippen LogP contribution >= 0.6 is 0 Å². The van der Waals surface area contributed by atoms with E-state index in [0.29, 0.717) is 5.92 Å². The molecule has 1 saturated heterocycles. The van der Waals surface area contributed by atoms with Gasteiger partial charge in [0.15, 0.2) is 0 Å². The quantitative estimate of drug-likeness (QED) is 0.837. The largest absolute Gasteiger partial charge is 0.349 e. The van der Waals surface area contributed by atoms with E-state index in [0.717, 1.165) is 19.5 Å². The molecule has 0 aliphatic carbocycles. The van der Waals surface area contributed by atoms with E-state index >= 15 is 0 Å². The summed E-state index contributed by atoms with van der Waals surface area (Å²) in [5.41, 5.74) is 1.33. The van der Waals surface area contributed by atoms with Crippen LogP contribution in [-0.4, -0.2) is 38.0 Å². The number of hydrogen-bond donors (Lipinski definition) is 1. The van der Waals surface area contributed by atoms with Gasteiger partial charge in [-0.15, -0.1) is 0 Å². The Morgan fingerprint density at radius 2 is 1.94 bits per heavy atom. The van der Waals surface area contributed by atoms with E-state index < -0.39 is 0 Å². The molecule has 1 aromatic rings. The first-order chi connectivity index (χ1) is 8.18. The Bertz CT molecular complexity index is 375. The van der Waals surface area contributed by atoms with Gasteiger partial charge >= 0.3 is 0 Å². The second kappa shape index (κ2) is 5.32. The van der Waals surface area contributed by atoms with Gasteiger partial charge in [-0.3, -0.25) is 4.79 Å². The Kier molecular flexibility index (Phi) is 3.79. The molecule has 1 N–H and O–H groups in total. The predicted octanol–water partition coefficient (Wildman–Crippen LogP) is 1.47. The lowest BCUT2D eigenvalue weighted by Crippen LogP contribution is -2.42. The molecule has 0 bridgehead atoms. The van der Waals surface area contributed by atoms with Gasteiger partial charge in [-0.05, 0) is 17.9 Å². The maximum Gasteiger partial charge on any atom is 0.226 e. The Morgan fingerprint density at radius 3 is 2.59 bits per heavy atom. The van der Waals surface area contributed by atoms with E-state index in [4.69, 9.17) is 0 Å². The number of amides is 1. The number of carbonyl (C=O) groups is 1. The number of piperidine rings is 1. The summed E-state index contributed by atoms with van der Waals surface area (Å²) in [5, 5.41) is 3.37. The van der Waals surface area contributed by atoms with Crippen molar-refractivity contribution in [3.8, 4) is 0 Å². The van der Waals surface area contributed by atoms with Crippen LogP contribution in [0.3, 0.4) is 0 Å². The molecule has 0 unspecified atom stereocenters. The highest BCUT2D eigenvalue weighted by atomic mass is 16.2. The summed E-state index contributed by atoms with van der Waals surface area (Å²) >= 11 is 0. The molecule has 1 amide bonds. The van der Waals surface area contributed by atoms with Gasteiger partial charge in [0.25, 0.3) is 0 Å². The Labute approximate surface area is 103 Å². The molecule has 1 aliphatic rings. The van der Waals surface area contributed by atoms with Crippen LogP contribution in [0.15, 0.2) is 30.3 Å². The van der Waals surface area contributed by atoms with Crippen molar-refractivity contribution in [3.63, 3.8) is 0 Å². The topological polar surface area (TPSA) is 32.3 Å². The molecule has 2 atom stereocenters. The Morgan fingerprint density at radius 1 is 1.24 bits per heavy atom. The fraction of sp³-hybridized carbons (Fsp3) is 0.500. The van der Waals surface area contributed by atoms with Crippen molar-refractivity contribution in [2.45, 2.75) is 12.3 Å². The lowest BCUT2D eigenvalue weighted by atomic mass is 9.85. The molecule has 0 saturated carbocycles. The minimum atomic E-state index is 0.115. The fourth-order valence-corrected chi connectivity index (χ4v) is 2.47. The summed E-state index contributed by atoms with van der Waals surface area (Å²) in [4.78, 5) is 13.7. The zero-order chi connectivity index (χ0) is 12.3. The van der Waals surface area contributed by atoms with Crippen LogP contribution in [0, 0.1) is 5.92 Å². The first-order valence-electron chi connectivity index (χ1n) is 6.15. The molecule has 3 nitrogen and oxygen atoms in total. The van der Waals surface area contributed by atoms with Gasteiger partial charge < -0.3 is 10.2 Å². The first-order valence-corrected chi connectivity index (χ1v) is 6.15. The third-order valence-corrected chi connectivity index (χ3v) is 3.41. The van der Waals surface area contributed by atoms with Crippen LogP contribution in [-0.2, 0) is 4.79 Å². The zero-order valence-electron chi connectivity index (χ0n) is 10.5. The second-order valence-corrected chi connectivity index (χ2v) is 4.93. The highest BCUT2D eigenvalue weighted by Crippen LogP contribution is 2.26. The van der Waals surface area contributed by atoms with Crippen LogP contribution in [0.25, 0.3) is 0 Å². The van der Waals surface area contributed by atoms with Crippen molar-refractivity contribution >= 4 is 5.91 Å². The van der Waals surface area contributed by atoms with Crippen molar-refractivity contribution in [2.24, 2.45) is 5.92 Å². The predicted molar refractivity (Wildman–Crippen MR) is 68.9 cm³/mol. The van der Waals surface area contributed by atoms with Crippen molar-refractivity contribution in [1.29, 1.82) is 0 Å². The van der Waals surface area contributed by atoms with Gasteiger partial charge in [-0.1, -0.05) is 30.3 Å². The monoisotopic (exact) mass is 232 g/mol. The molecular weight excluding hydrogens is 212 g/mol. The smallest absolute Gasteiger partial charge is 0.226 e. The van der Waals surface area contributed by atoms with Crippen LogP contribution < -0.4 is 5.32 Å². The summed E-state index contributed by atoms with van der Waals surface area (Å²) in [7, 11) is 3.66. The Balaban J connectivity index is 2.05. The average Bonchev–Trinajstić information content (AvgIpc) is 2.39. The number of rotatable bonds is 2. The van der Waals surface area contributed by atoms with E-state index in [1.165, 1.54) is 5.56 Å². The van der Waals surface area contributed by atoms with E-state index in [9.17, 15) is 4.79 Å². The van der Waals surface area contributed by atoms with Gasteiger partial charge in [0.05, 0.1) is 5.92 Å². The minimum absolute atomic E-state index is 0.115. The molecule has 2 rings (SSSR count). The summed E-state index contributed by atoms with van der Waals surface area (Å²) in [5.74, 6) is 0.806. The number of hydrogen-bond acceptors (Lipinski definition) is 2. The van der Waals surface area contributed by atoms with Crippen LogP contribution in [0.1, 0.15) is 17.9 Å². The lowest BCUT2D eigenvalue weighted by molar-refractivity contribution is -0.133. The van der Waals surface area contributed by atoms with Gasteiger partial charge in [-0.25, -0.2) is 0 Å². The lowest BCUT2D eigenvalue weighted by Gasteiger charge is -2.31. The summed E-state index contributed by atoms with van der Waals surface area (Å²) < 4.78 is 0. The van der Waals surface area contributed by atoms with Crippen molar-refractivity contribution in [2.75, 3.05) is 27.2 Å². The summed E-state index contributed by atoms with van der Waals surface area (Å²) in [6, 6.07) is 10.4. The molecule has 1 aliphatic heterocycles. The minimum Gasteiger partial charge on any atom is -0.349 e. The van der Waals surface area contributed by atoms with E-state index in [2.05, 4.69) is 29.6 Å². The Hall–Kier alpha value is -1.35. The van der Waals surface area contributed by atoms with Crippen LogP contribution in [0.2, 0.25) is 0 Å². The standard InChI is InChI=1S/C14H20N2O/c1-16(2)14(17)13-8-12(9-15-10-13)11-6-4-3-5-7-11/h3-7,12-13,15H,8-10H2,1-2H3/t12-,13+/m1/s1. The average molecular weight is 232 g/mol. The number of benzene rings is 1. The molecule has 0 aromatic heterocycles. The second-order valence-electron chi connectivity index (χ2n) is 4.93. The van der Waals surface area contributed by atoms with Crippen LogP contribution in [0.5, 0.6) is 0 Å². The molecule has 92 valence electrons. The molecule has 17 heavy (non-hydrogen) atoms. The normalized spacial score (nSPS) is 24.4. The van der Waals surface area contributed by atoms with E-state index in [1.807, 2.05) is 20.2 Å². The van der Waals surface area contributed by atoms with E-state index in [-0.39, 0.29) is 11.8 Å². The fourth-order valence-electron chi connectivity index (χ4n) is 2.47. The number of nitrogens with one attached hydrogen (secondary N) is 1. The van der Waals surface area contributed by atoms with Gasteiger partial charge in [0, 0.05) is 27.2 Å². The summed E-state index contributed by atoms with van der Waals surface area (Å²) in [6.45, 7) is 1.78. The SMILES string of the molecule is CN(C)C(=O)[C@@H]1CNC[C@H](c2ccccc2)C1. The summed E-state index contributed by atoms with van der Waals surface area (Å²) in [6.07, 6.45) is 0.952. The van der Waals surface area contributed by atoms with Gasteiger partial charge in [0.1, 0.15) is 0 Å². The molecular formula is C14H20N2O. The van der Waals surface area contributed by atoms with Crippen LogP contribution in [0.4, 0.5) is 0 Å². The van der Waals surface area contributed by atoms with Crippen molar-refractivity contribution in [3.05, 3.63) is 35.9 Å². The maximum absolute atomic E-state index is 12.0. The number of carbonyl (C=O) groups excluding carboxylic acids is 1. The molecule has 1 fully saturated rings. The van der Waals surface area contributed by atoms with E-state index in [1.54, 1.807) is 4.90 Å². The highest BCUT2D eigenvalue weighted by Gasteiger charge is 2.28. The van der Waals surface area contributed by atoms with Crippen molar-refractivity contribution < 1.29 is 4.79 Å². The maximum atomic E-state index is 12.0. The third kappa shape index (κ3) is 2.86. The molecule has 1 aromatic carbocycles. The zero-order valence-corrected chi connectivity index (χ0v) is 10.5. The molecule has 0 radical (unpaired) electrons. The molecule has 1 heterocycles. The van der Waals surface area contributed by atoms with Gasteiger partial charge in [0.2, 0.25) is 5.91 Å². The number of nitrogens with zero attached hydrogens (tertiary/aromatic N) is 1. The molecule has 0 spiro atoms. The molecule has 3 heteroatoms. The third-order valence-electron chi connectivity index (χ3n) is 3.41.